The van der Waals surface area contributed by atoms with Crippen LogP contribution in [-0.2, 0) is 9.47 Å². The molecular formula is C22H28ClN5O5S. The Labute approximate surface area is 206 Å². The number of carbonyl (C=O) groups is 3. The van der Waals surface area contributed by atoms with E-state index in [4.69, 9.17) is 26.9 Å². The molecule has 1 fully saturated rings. The van der Waals surface area contributed by atoms with Crippen LogP contribution in [0.15, 0.2) is 36.4 Å². The molecule has 0 aliphatic carbocycles. The monoisotopic (exact) mass is 509 g/mol. The van der Waals surface area contributed by atoms with E-state index in [2.05, 4.69) is 10.6 Å². The number of carbonyl (C=O) groups excluding carboxylic acids is 3. The lowest BCUT2D eigenvalue weighted by Crippen LogP contribution is -2.40. The van der Waals surface area contributed by atoms with Crippen molar-refractivity contribution in [3.8, 4) is 0 Å². The predicted octanol–water partition coefficient (Wildman–Crippen LogP) is 3.36. The number of nitrogens with one attached hydrogen (secondary N) is 2. The number of hydrazine groups is 1. The second-order valence-corrected chi connectivity index (χ2v) is 10.3. The fourth-order valence-corrected chi connectivity index (χ4v) is 4.07. The average Bonchev–Trinajstić information content (AvgIpc) is 3.36. The van der Waals surface area contributed by atoms with Gasteiger partial charge in [0.15, 0.2) is 0 Å². The fraction of sp³-hybridized carbons (Fsp3) is 0.409. The number of rotatable bonds is 8. The summed E-state index contributed by atoms with van der Waals surface area (Å²) in [5.41, 5.74) is 0.788. The van der Waals surface area contributed by atoms with Crippen LogP contribution in [0, 0.1) is 0 Å². The van der Waals surface area contributed by atoms with Crippen LogP contribution in [0.4, 0.5) is 21.0 Å². The summed E-state index contributed by atoms with van der Waals surface area (Å²) in [6, 6.07) is 10.4. The first-order valence-corrected chi connectivity index (χ1v) is 11.8. The Morgan fingerprint density at radius 3 is 2.56 bits per heavy atom. The Balaban J connectivity index is 1.46. The van der Waals surface area contributed by atoms with Gasteiger partial charge in [0, 0.05) is 12.2 Å². The molecule has 1 aromatic heterocycles. The summed E-state index contributed by atoms with van der Waals surface area (Å²) in [6.45, 7) is 6.53. The van der Waals surface area contributed by atoms with Crippen LogP contribution < -0.4 is 26.4 Å². The number of ether oxygens (including phenoxy) is 2. The average molecular weight is 510 g/mol. The lowest BCUT2D eigenvalue weighted by atomic mass is 10.2. The largest absolute Gasteiger partial charge is 0.444 e. The third-order valence-corrected chi connectivity index (χ3v) is 5.91. The molecule has 1 aliphatic rings. The van der Waals surface area contributed by atoms with E-state index in [0.29, 0.717) is 40.2 Å². The SMILES string of the molecule is CC(C)(C)OC(=O)NCCN(N)c1ccc(N2CC(CNC(=O)c3ccc(Cl)s3)OC2=O)cc1. The van der Waals surface area contributed by atoms with Gasteiger partial charge >= 0.3 is 12.2 Å². The standard InChI is InChI=1S/C22H28ClN5O5S/c1-22(2,3)33-20(30)25-10-11-28(24)15-6-4-14(5-7-15)27-13-16(32-21(27)31)12-26-19(29)17-8-9-18(23)34-17/h4-9,16H,10-13,24H2,1-3H3,(H,25,30)(H,26,29). The van der Waals surface area contributed by atoms with Crippen LogP contribution in [0.1, 0.15) is 30.4 Å². The summed E-state index contributed by atoms with van der Waals surface area (Å²) in [5.74, 6) is 5.80. The van der Waals surface area contributed by atoms with Crippen molar-refractivity contribution < 1.29 is 23.9 Å². The highest BCUT2D eigenvalue weighted by Gasteiger charge is 2.32. The Morgan fingerprint density at radius 1 is 1.24 bits per heavy atom. The molecule has 12 heteroatoms. The molecule has 1 atom stereocenters. The van der Waals surface area contributed by atoms with Crippen molar-refractivity contribution in [3.63, 3.8) is 0 Å². The van der Waals surface area contributed by atoms with E-state index < -0.39 is 23.9 Å². The predicted molar refractivity (Wildman–Crippen MR) is 131 cm³/mol. The van der Waals surface area contributed by atoms with E-state index in [9.17, 15) is 14.4 Å². The van der Waals surface area contributed by atoms with E-state index in [-0.39, 0.29) is 12.5 Å². The summed E-state index contributed by atoms with van der Waals surface area (Å²) in [4.78, 5) is 38.2. The third-order valence-electron chi connectivity index (χ3n) is 4.68. The molecule has 1 aliphatic heterocycles. The normalized spacial score (nSPS) is 15.6. The van der Waals surface area contributed by atoms with Gasteiger partial charge in [-0.25, -0.2) is 15.4 Å². The van der Waals surface area contributed by atoms with Gasteiger partial charge in [-0.05, 0) is 57.2 Å². The number of alkyl carbamates (subject to hydrolysis) is 1. The fourth-order valence-electron chi connectivity index (χ4n) is 3.11. The summed E-state index contributed by atoms with van der Waals surface area (Å²) < 4.78 is 11.1. The van der Waals surface area contributed by atoms with Crippen molar-refractivity contribution in [1.29, 1.82) is 0 Å². The lowest BCUT2D eigenvalue weighted by molar-refractivity contribution is 0.0529. The summed E-state index contributed by atoms with van der Waals surface area (Å²) in [7, 11) is 0. The first-order chi connectivity index (χ1) is 16.0. The number of nitrogens with zero attached hydrogens (tertiary/aromatic N) is 2. The molecule has 3 rings (SSSR count). The van der Waals surface area contributed by atoms with E-state index >= 15 is 0 Å². The van der Waals surface area contributed by atoms with Crippen LogP contribution >= 0.6 is 22.9 Å². The minimum Gasteiger partial charge on any atom is -0.444 e. The van der Waals surface area contributed by atoms with Gasteiger partial charge in [-0.15, -0.1) is 11.3 Å². The van der Waals surface area contributed by atoms with Crippen molar-refractivity contribution in [2.75, 3.05) is 36.1 Å². The van der Waals surface area contributed by atoms with Crippen LogP contribution in [0.3, 0.4) is 0 Å². The molecule has 0 spiro atoms. The number of thiophene rings is 1. The Bertz CT molecular complexity index is 1020. The number of amides is 3. The van der Waals surface area contributed by atoms with Gasteiger partial charge in [0.05, 0.1) is 34.5 Å². The van der Waals surface area contributed by atoms with Crippen molar-refractivity contribution in [3.05, 3.63) is 45.6 Å². The number of halogens is 1. The number of benzene rings is 1. The van der Waals surface area contributed by atoms with E-state index in [1.54, 1.807) is 57.2 Å². The molecule has 1 saturated heterocycles. The van der Waals surface area contributed by atoms with Gasteiger partial charge in [0.25, 0.3) is 5.91 Å². The number of hydrogen-bond acceptors (Lipinski definition) is 8. The minimum absolute atomic E-state index is 0.190. The smallest absolute Gasteiger partial charge is 0.414 e. The van der Waals surface area contributed by atoms with Crippen LogP contribution in [0.25, 0.3) is 0 Å². The Kier molecular flexibility index (Phi) is 8.24. The molecule has 2 heterocycles. The van der Waals surface area contributed by atoms with Crippen molar-refractivity contribution in [2.24, 2.45) is 5.84 Å². The second kappa shape index (κ2) is 10.9. The minimum atomic E-state index is -0.567. The molecule has 10 nitrogen and oxygen atoms in total. The van der Waals surface area contributed by atoms with Crippen LogP contribution in [-0.4, -0.2) is 56.0 Å². The highest BCUT2D eigenvalue weighted by molar-refractivity contribution is 7.18. The number of hydrogen-bond donors (Lipinski definition) is 3. The molecule has 34 heavy (non-hydrogen) atoms. The zero-order chi connectivity index (χ0) is 24.9. The van der Waals surface area contributed by atoms with Crippen LogP contribution in [0.2, 0.25) is 4.34 Å². The van der Waals surface area contributed by atoms with E-state index in [1.807, 2.05) is 0 Å². The Hall–Kier alpha value is -3.02. The first kappa shape index (κ1) is 25.6. The zero-order valence-corrected chi connectivity index (χ0v) is 20.7. The second-order valence-electron chi connectivity index (χ2n) is 8.57. The zero-order valence-electron chi connectivity index (χ0n) is 19.2. The van der Waals surface area contributed by atoms with Gasteiger partial charge in [-0.3, -0.25) is 9.69 Å². The first-order valence-electron chi connectivity index (χ1n) is 10.6. The molecule has 2 aromatic rings. The molecule has 184 valence electrons. The highest BCUT2D eigenvalue weighted by Crippen LogP contribution is 2.25. The molecule has 3 amide bonds. The van der Waals surface area contributed by atoms with Gasteiger partial charge in [-0.1, -0.05) is 11.6 Å². The molecule has 4 N–H and O–H groups in total. The topological polar surface area (TPSA) is 126 Å². The van der Waals surface area contributed by atoms with Crippen molar-refractivity contribution in [1.82, 2.24) is 10.6 Å². The molecule has 0 radical (unpaired) electrons. The van der Waals surface area contributed by atoms with Gasteiger partial charge in [0.2, 0.25) is 0 Å². The van der Waals surface area contributed by atoms with Gasteiger partial charge < -0.3 is 25.1 Å². The number of nitrogens with two attached hydrogens (primary N) is 1. The van der Waals surface area contributed by atoms with Crippen molar-refractivity contribution >= 4 is 52.4 Å². The molecule has 1 aromatic carbocycles. The highest BCUT2D eigenvalue weighted by atomic mass is 35.5. The molecule has 1 unspecified atom stereocenters. The van der Waals surface area contributed by atoms with E-state index in [0.717, 1.165) is 0 Å². The molecular weight excluding hydrogens is 482 g/mol. The summed E-state index contributed by atoms with van der Waals surface area (Å²) in [6.07, 6.45) is -1.47. The quantitative estimate of drug-likeness (QED) is 0.368. The van der Waals surface area contributed by atoms with Gasteiger partial charge in [0.1, 0.15) is 11.7 Å². The number of anilines is 2. The lowest BCUT2D eigenvalue weighted by Gasteiger charge is -2.22. The Morgan fingerprint density at radius 2 is 1.94 bits per heavy atom. The van der Waals surface area contributed by atoms with Crippen LogP contribution in [0.5, 0.6) is 0 Å². The number of cyclic esters (lactones) is 1. The third kappa shape index (κ3) is 7.24. The van der Waals surface area contributed by atoms with Gasteiger partial charge in [-0.2, -0.15) is 0 Å². The molecule has 0 bridgehead atoms. The maximum absolute atomic E-state index is 12.3. The maximum Gasteiger partial charge on any atom is 0.414 e. The van der Waals surface area contributed by atoms with Crippen molar-refractivity contribution in [2.45, 2.75) is 32.5 Å². The molecule has 0 saturated carbocycles. The summed E-state index contributed by atoms with van der Waals surface area (Å²) in [5, 5.41) is 6.89. The van der Waals surface area contributed by atoms with E-state index in [1.165, 1.54) is 21.2 Å². The summed E-state index contributed by atoms with van der Waals surface area (Å²) >= 11 is 7.04. The maximum atomic E-state index is 12.3.